The molecule has 0 saturated carbocycles. The molecule has 0 spiro atoms. The molecule has 1 rings (SSSR count). The Labute approximate surface area is 75.3 Å². The van der Waals surface area contributed by atoms with Crippen molar-refractivity contribution in [2.45, 2.75) is 13.8 Å². The predicted octanol–water partition coefficient (Wildman–Crippen LogP) is 1.03. The first kappa shape index (κ1) is 8.93. The van der Waals surface area contributed by atoms with E-state index < -0.39 is 0 Å². The van der Waals surface area contributed by atoms with Crippen molar-refractivity contribution in [3.63, 3.8) is 0 Å². The lowest BCUT2D eigenvalue weighted by atomic mass is 10.1. The second kappa shape index (κ2) is 3.06. The maximum atomic E-state index is 7.24. The van der Waals surface area contributed by atoms with Crippen molar-refractivity contribution in [2.75, 3.05) is 0 Å². The summed E-state index contributed by atoms with van der Waals surface area (Å²) in [6, 6.07) is 0. The van der Waals surface area contributed by atoms with Gasteiger partial charge >= 0.3 is 0 Å². The molecule has 0 aliphatic heterocycles. The van der Waals surface area contributed by atoms with Crippen LogP contribution in [0.4, 0.5) is 0 Å². The molecule has 0 atom stereocenters. The van der Waals surface area contributed by atoms with Gasteiger partial charge in [0.2, 0.25) is 0 Å². The Morgan fingerprint density at radius 3 is 2.42 bits per heavy atom. The van der Waals surface area contributed by atoms with Crippen LogP contribution in [0.1, 0.15) is 16.8 Å². The first-order valence-corrected chi connectivity index (χ1v) is 3.75. The number of nitrogens with one attached hydrogen (secondary N) is 1. The van der Waals surface area contributed by atoms with Crippen LogP contribution in [0, 0.1) is 19.3 Å². The topological polar surface area (TPSA) is 75.7 Å². The molecule has 1 heterocycles. The Morgan fingerprint density at radius 1 is 1.42 bits per heavy atom. The van der Waals surface area contributed by atoms with Crippen molar-refractivity contribution in [3.05, 3.63) is 22.0 Å². The number of halogens is 1. The summed E-state index contributed by atoms with van der Waals surface area (Å²) in [6.07, 6.45) is 0. The van der Waals surface area contributed by atoms with E-state index in [2.05, 4.69) is 10.2 Å². The van der Waals surface area contributed by atoms with Gasteiger partial charge in [0.15, 0.2) is 5.15 Å². The predicted molar refractivity (Wildman–Crippen MR) is 47.5 cm³/mol. The summed E-state index contributed by atoms with van der Waals surface area (Å²) < 4.78 is 0. The third-order valence-electron chi connectivity index (χ3n) is 1.68. The largest absolute Gasteiger partial charge is 0.384 e. The number of amidine groups is 1. The fourth-order valence-corrected chi connectivity index (χ4v) is 1.17. The van der Waals surface area contributed by atoms with Crippen LogP contribution in [-0.2, 0) is 0 Å². The molecule has 0 aliphatic rings. The molecule has 0 aromatic carbocycles. The van der Waals surface area contributed by atoms with Crippen LogP contribution >= 0.6 is 11.6 Å². The lowest BCUT2D eigenvalue weighted by molar-refractivity contribution is 0.956. The second-order valence-electron chi connectivity index (χ2n) is 2.49. The molecule has 0 fully saturated rings. The monoisotopic (exact) mass is 184 g/mol. The highest BCUT2D eigenvalue weighted by Crippen LogP contribution is 2.16. The highest BCUT2D eigenvalue weighted by atomic mass is 35.5. The molecule has 0 saturated heterocycles. The van der Waals surface area contributed by atoms with E-state index in [1.54, 1.807) is 6.92 Å². The Hall–Kier alpha value is -1.16. The zero-order valence-corrected chi connectivity index (χ0v) is 7.61. The van der Waals surface area contributed by atoms with Crippen molar-refractivity contribution in [1.82, 2.24) is 10.2 Å². The maximum Gasteiger partial charge on any atom is 0.162 e. The number of aromatic nitrogens is 2. The summed E-state index contributed by atoms with van der Waals surface area (Å²) in [5.41, 5.74) is 7.34. The summed E-state index contributed by atoms with van der Waals surface area (Å²) in [4.78, 5) is 0. The summed E-state index contributed by atoms with van der Waals surface area (Å²) >= 11 is 5.70. The number of hydrogen-bond acceptors (Lipinski definition) is 3. The SMILES string of the molecule is Cc1nnc(Cl)c(C(=N)N)c1C. The van der Waals surface area contributed by atoms with Crippen molar-refractivity contribution in [1.29, 1.82) is 5.41 Å². The standard InChI is InChI=1S/C7H9ClN4/c1-3-4(2)11-12-6(8)5(3)7(9)10/h1-2H3,(H3,9,10). The van der Waals surface area contributed by atoms with Gasteiger partial charge in [-0.3, -0.25) is 5.41 Å². The Kier molecular flexibility index (Phi) is 2.28. The molecule has 0 bridgehead atoms. The number of nitrogens with zero attached hydrogens (tertiary/aromatic N) is 2. The molecule has 4 nitrogen and oxygen atoms in total. The van der Waals surface area contributed by atoms with Crippen LogP contribution in [0.15, 0.2) is 0 Å². The molecule has 5 heteroatoms. The molecule has 1 aromatic rings. The smallest absolute Gasteiger partial charge is 0.162 e. The van der Waals surface area contributed by atoms with Crippen LogP contribution in [0.2, 0.25) is 5.15 Å². The Morgan fingerprint density at radius 2 is 2.00 bits per heavy atom. The first-order valence-electron chi connectivity index (χ1n) is 3.37. The lowest BCUT2D eigenvalue weighted by Gasteiger charge is -2.05. The van der Waals surface area contributed by atoms with Gasteiger partial charge in [0.25, 0.3) is 0 Å². The second-order valence-corrected chi connectivity index (χ2v) is 2.85. The average molecular weight is 185 g/mol. The third kappa shape index (κ3) is 1.38. The fraction of sp³-hybridized carbons (Fsp3) is 0.286. The molecule has 1 aromatic heterocycles. The van der Waals surface area contributed by atoms with Gasteiger partial charge in [-0.25, -0.2) is 0 Å². The summed E-state index contributed by atoms with van der Waals surface area (Å²) in [5, 5.41) is 14.9. The zero-order chi connectivity index (χ0) is 9.30. The molecular weight excluding hydrogens is 176 g/mol. The Bertz CT molecular complexity index is 334. The number of hydrogen-bond donors (Lipinski definition) is 2. The Balaban J connectivity index is 3.43. The quantitative estimate of drug-likeness (QED) is 0.506. The number of aryl methyl sites for hydroxylation is 1. The van der Waals surface area contributed by atoms with Crippen LogP contribution in [0.5, 0.6) is 0 Å². The van der Waals surface area contributed by atoms with Crippen molar-refractivity contribution >= 4 is 17.4 Å². The molecule has 0 amide bonds. The zero-order valence-electron chi connectivity index (χ0n) is 6.85. The maximum absolute atomic E-state index is 7.24. The minimum absolute atomic E-state index is 0.0736. The van der Waals surface area contributed by atoms with Gasteiger partial charge in [0.1, 0.15) is 5.84 Å². The fourth-order valence-electron chi connectivity index (χ4n) is 0.893. The van der Waals surface area contributed by atoms with E-state index in [4.69, 9.17) is 22.7 Å². The number of nitrogens with two attached hydrogens (primary N) is 1. The van der Waals surface area contributed by atoms with E-state index >= 15 is 0 Å². The molecule has 0 aliphatic carbocycles. The van der Waals surface area contributed by atoms with Gasteiger partial charge in [-0.1, -0.05) is 11.6 Å². The molecule has 64 valence electrons. The van der Waals surface area contributed by atoms with Crippen LogP contribution in [0.3, 0.4) is 0 Å². The van der Waals surface area contributed by atoms with Gasteiger partial charge < -0.3 is 5.73 Å². The average Bonchev–Trinajstić information content (AvgIpc) is 1.97. The van der Waals surface area contributed by atoms with Gasteiger partial charge in [-0.2, -0.15) is 5.10 Å². The molecule has 0 radical (unpaired) electrons. The minimum atomic E-state index is -0.0736. The van der Waals surface area contributed by atoms with Crippen LogP contribution in [0.25, 0.3) is 0 Å². The summed E-state index contributed by atoms with van der Waals surface area (Å²) in [5.74, 6) is -0.0736. The van der Waals surface area contributed by atoms with Gasteiger partial charge in [0.05, 0.1) is 11.3 Å². The minimum Gasteiger partial charge on any atom is -0.384 e. The van der Waals surface area contributed by atoms with Crippen molar-refractivity contribution in [3.8, 4) is 0 Å². The van der Waals surface area contributed by atoms with Crippen molar-refractivity contribution in [2.24, 2.45) is 5.73 Å². The van der Waals surface area contributed by atoms with E-state index in [0.29, 0.717) is 5.56 Å². The van der Waals surface area contributed by atoms with E-state index in [-0.39, 0.29) is 11.0 Å². The lowest BCUT2D eigenvalue weighted by Crippen LogP contribution is -2.15. The van der Waals surface area contributed by atoms with E-state index in [1.807, 2.05) is 6.92 Å². The van der Waals surface area contributed by atoms with Gasteiger partial charge in [0, 0.05) is 0 Å². The highest BCUT2D eigenvalue weighted by molar-refractivity contribution is 6.32. The first-order chi connectivity index (χ1) is 5.54. The summed E-state index contributed by atoms with van der Waals surface area (Å²) in [6.45, 7) is 3.61. The van der Waals surface area contributed by atoms with Gasteiger partial charge in [-0.15, -0.1) is 5.10 Å². The normalized spacial score (nSPS) is 9.92. The molecular formula is C7H9ClN4. The highest BCUT2D eigenvalue weighted by Gasteiger charge is 2.10. The van der Waals surface area contributed by atoms with Crippen LogP contribution < -0.4 is 5.73 Å². The molecule has 3 N–H and O–H groups in total. The number of rotatable bonds is 1. The number of nitrogen functional groups attached to an aromatic ring is 1. The molecule has 12 heavy (non-hydrogen) atoms. The van der Waals surface area contributed by atoms with E-state index in [9.17, 15) is 0 Å². The molecule has 0 unspecified atom stereocenters. The van der Waals surface area contributed by atoms with Crippen LogP contribution in [-0.4, -0.2) is 16.0 Å². The van der Waals surface area contributed by atoms with E-state index in [1.165, 1.54) is 0 Å². The summed E-state index contributed by atoms with van der Waals surface area (Å²) in [7, 11) is 0. The third-order valence-corrected chi connectivity index (χ3v) is 1.95. The van der Waals surface area contributed by atoms with E-state index in [0.717, 1.165) is 11.3 Å². The van der Waals surface area contributed by atoms with Crippen molar-refractivity contribution < 1.29 is 0 Å². The van der Waals surface area contributed by atoms with Gasteiger partial charge in [-0.05, 0) is 19.4 Å².